The van der Waals surface area contributed by atoms with Crippen molar-refractivity contribution in [2.24, 2.45) is 11.3 Å². The summed E-state index contributed by atoms with van der Waals surface area (Å²) in [4.78, 5) is 37.7. The van der Waals surface area contributed by atoms with Crippen LogP contribution in [0, 0.1) is 11.3 Å². The fourth-order valence-corrected chi connectivity index (χ4v) is 3.51. The van der Waals surface area contributed by atoms with Gasteiger partial charge in [0.2, 0.25) is 5.91 Å². The summed E-state index contributed by atoms with van der Waals surface area (Å²) in [7, 11) is 0. The van der Waals surface area contributed by atoms with Gasteiger partial charge in [-0.3, -0.25) is 14.4 Å². The van der Waals surface area contributed by atoms with E-state index in [2.05, 4.69) is 16.0 Å². The van der Waals surface area contributed by atoms with Crippen LogP contribution in [0.4, 0.5) is 27.6 Å². The van der Waals surface area contributed by atoms with E-state index >= 15 is 0 Å². The van der Waals surface area contributed by atoms with Crippen molar-refractivity contribution in [3.8, 4) is 5.75 Å². The molecule has 3 N–H and O–H groups in total. The summed E-state index contributed by atoms with van der Waals surface area (Å²) in [5, 5.41) is 7.50. The third kappa shape index (κ3) is 8.04. The summed E-state index contributed by atoms with van der Waals surface area (Å²) in [6.07, 6.45) is -5.55. The molecule has 1 aliphatic carbocycles. The fourth-order valence-electron chi connectivity index (χ4n) is 3.30. The number of rotatable bonds is 11. The van der Waals surface area contributed by atoms with Gasteiger partial charge in [0, 0.05) is 18.8 Å². The molecular formula is C26H27ClF5N3O4. The summed E-state index contributed by atoms with van der Waals surface area (Å²) in [6.45, 7) is 0.717. The van der Waals surface area contributed by atoms with Crippen molar-refractivity contribution in [3.05, 3.63) is 58.1 Å². The van der Waals surface area contributed by atoms with Gasteiger partial charge in [-0.05, 0) is 68.5 Å². The van der Waals surface area contributed by atoms with Crippen LogP contribution in [0.25, 0.3) is 0 Å². The number of anilines is 1. The lowest BCUT2D eigenvalue weighted by molar-refractivity contribution is -0.211. The predicted molar refractivity (Wildman–Crippen MR) is 134 cm³/mol. The smallest absolute Gasteiger partial charge is 0.402 e. The van der Waals surface area contributed by atoms with E-state index in [0.29, 0.717) is 18.0 Å². The van der Waals surface area contributed by atoms with E-state index in [-0.39, 0.29) is 34.1 Å². The Morgan fingerprint density at radius 1 is 1.00 bits per heavy atom. The Balaban J connectivity index is 1.75. The number of halogens is 6. The number of hydrogen-bond donors (Lipinski definition) is 3. The van der Waals surface area contributed by atoms with Crippen LogP contribution in [0.3, 0.4) is 0 Å². The number of carbonyl (C=O) groups is 3. The van der Waals surface area contributed by atoms with Crippen molar-refractivity contribution in [2.45, 2.75) is 45.8 Å². The Bertz CT molecular complexity index is 1230. The third-order valence-electron chi connectivity index (χ3n) is 6.10. The van der Waals surface area contributed by atoms with Gasteiger partial charge < -0.3 is 20.7 Å². The van der Waals surface area contributed by atoms with Gasteiger partial charge in [-0.25, -0.2) is 8.78 Å². The van der Waals surface area contributed by atoms with E-state index in [0.717, 1.165) is 26.7 Å². The van der Waals surface area contributed by atoms with Gasteiger partial charge in [-0.1, -0.05) is 17.7 Å². The predicted octanol–water partition coefficient (Wildman–Crippen LogP) is 5.58. The lowest BCUT2D eigenvalue weighted by Gasteiger charge is -2.26. The average Bonchev–Trinajstić information content (AvgIpc) is 3.69. The van der Waals surface area contributed by atoms with Crippen molar-refractivity contribution in [3.63, 3.8) is 0 Å². The molecule has 0 atom stereocenters. The maximum Gasteiger partial charge on any atom is 0.402 e. The lowest BCUT2D eigenvalue weighted by atomic mass is 9.91. The van der Waals surface area contributed by atoms with Gasteiger partial charge in [0.15, 0.2) is 0 Å². The second kappa shape index (κ2) is 12.2. The number of nitrogens with one attached hydrogen (secondary N) is 3. The topological polar surface area (TPSA) is 96.5 Å². The summed E-state index contributed by atoms with van der Waals surface area (Å²) in [5.41, 5.74) is -2.26. The molecule has 0 aromatic heterocycles. The van der Waals surface area contributed by atoms with E-state index in [1.165, 1.54) is 36.4 Å². The maximum absolute atomic E-state index is 13.1. The number of hydrogen-bond acceptors (Lipinski definition) is 4. The molecule has 0 bridgehead atoms. The Morgan fingerprint density at radius 2 is 1.69 bits per heavy atom. The molecular weight excluding hydrogens is 549 g/mol. The zero-order valence-corrected chi connectivity index (χ0v) is 21.8. The first-order valence-electron chi connectivity index (χ1n) is 12.0. The van der Waals surface area contributed by atoms with Crippen molar-refractivity contribution in [1.82, 2.24) is 10.6 Å². The molecule has 212 valence electrons. The molecule has 0 aliphatic heterocycles. The summed E-state index contributed by atoms with van der Waals surface area (Å²) in [6, 6.07) is 8.01. The first-order chi connectivity index (χ1) is 18.2. The second-order valence-corrected chi connectivity index (χ2v) is 10.0. The van der Waals surface area contributed by atoms with Crippen molar-refractivity contribution in [1.29, 1.82) is 0 Å². The molecule has 2 aromatic rings. The fraction of sp³-hybridized carbons (Fsp3) is 0.423. The summed E-state index contributed by atoms with van der Waals surface area (Å²) >= 11 is 6.15. The van der Waals surface area contributed by atoms with Gasteiger partial charge in [0.1, 0.15) is 17.8 Å². The van der Waals surface area contributed by atoms with Crippen LogP contribution < -0.4 is 20.7 Å². The van der Waals surface area contributed by atoms with E-state index in [1.807, 2.05) is 0 Å². The highest BCUT2D eigenvalue weighted by Crippen LogP contribution is 2.37. The van der Waals surface area contributed by atoms with Crippen LogP contribution in [-0.4, -0.2) is 43.5 Å². The molecule has 0 saturated heterocycles. The van der Waals surface area contributed by atoms with E-state index in [1.54, 1.807) is 0 Å². The molecule has 1 aliphatic rings. The van der Waals surface area contributed by atoms with Crippen LogP contribution >= 0.6 is 11.6 Å². The number of ether oxygens (including phenoxy) is 1. The highest BCUT2D eigenvalue weighted by molar-refractivity contribution is 6.34. The third-order valence-corrected chi connectivity index (χ3v) is 6.43. The number of alkyl halides is 5. The average molecular weight is 576 g/mol. The van der Waals surface area contributed by atoms with Gasteiger partial charge in [-0.15, -0.1) is 0 Å². The molecule has 0 radical (unpaired) electrons. The highest BCUT2D eigenvalue weighted by Gasteiger charge is 2.52. The lowest BCUT2D eigenvalue weighted by Crippen LogP contribution is -2.46. The largest absolute Gasteiger partial charge is 0.487 e. The quantitative estimate of drug-likeness (QED) is 0.305. The van der Waals surface area contributed by atoms with Crippen LogP contribution in [0.5, 0.6) is 5.75 Å². The van der Waals surface area contributed by atoms with Crippen molar-refractivity contribution < 1.29 is 41.1 Å². The SMILES string of the molecule is CC(C)(C(=O)NCc1ccc(Cl)c(C(=O)Nc2ccc(OCC(F)F)c(C(=O)NCC3CC3)c2)c1)C(F)(F)F. The number of carbonyl (C=O) groups excluding carboxylic acids is 3. The zero-order chi connectivity index (χ0) is 29.0. The minimum Gasteiger partial charge on any atom is -0.487 e. The zero-order valence-electron chi connectivity index (χ0n) is 21.1. The molecule has 0 unspecified atom stereocenters. The maximum atomic E-state index is 13.1. The van der Waals surface area contributed by atoms with Crippen molar-refractivity contribution >= 4 is 35.0 Å². The molecule has 3 amide bonds. The normalized spacial score (nSPS) is 13.7. The standard InChI is InChI=1S/C26H27ClF5N3O4/c1-25(2,26(30,31)32)24(38)34-12-15-5-7-19(27)17(9-15)23(37)35-16-6-8-20(39-13-21(28)29)18(10-16)22(36)33-11-14-3-4-14/h5-10,14,21H,3-4,11-13H2,1-2H3,(H,33,36)(H,34,38)(H,35,37). The number of benzene rings is 2. The Hall–Kier alpha value is -3.41. The molecule has 39 heavy (non-hydrogen) atoms. The molecule has 0 spiro atoms. The monoisotopic (exact) mass is 575 g/mol. The van der Waals surface area contributed by atoms with E-state index in [4.69, 9.17) is 16.3 Å². The first-order valence-corrected chi connectivity index (χ1v) is 12.3. The molecule has 7 nitrogen and oxygen atoms in total. The second-order valence-electron chi connectivity index (χ2n) is 9.64. The van der Waals surface area contributed by atoms with Crippen LogP contribution in [0.1, 0.15) is 53.0 Å². The molecule has 1 fully saturated rings. The Morgan fingerprint density at radius 3 is 2.31 bits per heavy atom. The van der Waals surface area contributed by atoms with E-state index in [9.17, 15) is 36.3 Å². The molecule has 0 heterocycles. The summed E-state index contributed by atoms with van der Waals surface area (Å²) in [5.74, 6) is -2.23. The minimum absolute atomic E-state index is 0.0254. The van der Waals surface area contributed by atoms with Crippen molar-refractivity contribution in [2.75, 3.05) is 18.5 Å². The van der Waals surface area contributed by atoms with Gasteiger partial charge in [0.05, 0.1) is 16.1 Å². The molecule has 3 rings (SSSR count). The van der Waals surface area contributed by atoms with Crippen LogP contribution in [-0.2, 0) is 11.3 Å². The minimum atomic E-state index is -4.75. The molecule has 1 saturated carbocycles. The van der Waals surface area contributed by atoms with Crippen LogP contribution in [0.15, 0.2) is 36.4 Å². The molecule has 2 aromatic carbocycles. The Labute approximate surface area is 226 Å². The van der Waals surface area contributed by atoms with Gasteiger partial charge in [0.25, 0.3) is 18.2 Å². The van der Waals surface area contributed by atoms with E-state index < -0.39 is 42.3 Å². The van der Waals surface area contributed by atoms with Gasteiger partial charge >= 0.3 is 6.18 Å². The summed E-state index contributed by atoms with van der Waals surface area (Å²) < 4.78 is 69.7. The van der Waals surface area contributed by atoms with Crippen LogP contribution in [0.2, 0.25) is 5.02 Å². The Kier molecular flexibility index (Phi) is 9.42. The number of amides is 3. The first kappa shape index (κ1) is 30.1. The van der Waals surface area contributed by atoms with Gasteiger partial charge in [-0.2, -0.15) is 13.2 Å². The molecule has 13 heteroatoms. The highest BCUT2D eigenvalue weighted by atomic mass is 35.5.